The third kappa shape index (κ3) is 2.39. The molecule has 0 N–H and O–H groups in total. The number of hydrogen-bond acceptors (Lipinski definition) is 3. The molecule has 0 radical (unpaired) electrons. The van der Waals surface area contributed by atoms with Crippen molar-refractivity contribution in [3.05, 3.63) is 38.2 Å². The van der Waals surface area contributed by atoms with Crippen molar-refractivity contribution in [1.82, 2.24) is 9.97 Å². The first-order valence-corrected chi connectivity index (χ1v) is 7.84. The summed E-state index contributed by atoms with van der Waals surface area (Å²) in [5.74, 6) is 1.51. The zero-order valence-electron chi connectivity index (χ0n) is 11.5. The van der Waals surface area contributed by atoms with Crippen LogP contribution in [0.2, 0.25) is 5.15 Å². The summed E-state index contributed by atoms with van der Waals surface area (Å²) in [5, 5.41) is 0.489. The first-order chi connectivity index (χ1) is 9.37. The summed E-state index contributed by atoms with van der Waals surface area (Å²) in [6.07, 6.45) is 0.896. The van der Waals surface area contributed by atoms with Crippen molar-refractivity contribution in [3.8, 4) is 17.1 Å². The van der Waals surface area contributed by atoms with E-state index in [0.29, 0.717) is 11.0 Å². The molecule has 3 nitrogen and oxygen atoms in total. The van der Waals surface area contributed by atoms with Crippen molar-refractivity contribution in [2.75, 3.05) is 0 Å². The van der Waals surface area contributed by atoms with Gasteiger partial charge in [0, 0.05) is 6.42 Å². The Labute approximate surface area is 136 Å². The number of aryl methyl sites for hydroxylation is 1. The molecular formula is C15H14ClIN2O. The fraction of sp³-hybridized carbons (Fsp3) is 0.333. The van der Waals surface area contributed by atoms with E-state index in [4.69, 9.17) is 16.3 Å². The van der Waals surface area contributed by atoms with Crippen LogP contribution in [-0.4, -0.2) is 15.6 Å². The maximum Gasteiger partial charge on any atom is 0.164 e. The molecule has 0 bridgehead atoms. The summed E-state index contributed by atoms with van der Waals surface area (Å²) in [6.45, 7) is 6.11. The molecule has 2 aromatic rings. The number of fused-ring (bicyclic) bond motifs is 1. The number of halogens is 2. The molecule has 0 unspecified atom stereocenters. The van der Waals surface area contributed by atoms with Crippen molar-refractivity contribution >= 4 is 34.2 Å². The molecule has 0 amide bonds. The number of ether oxygens (including phenoxy) is 1. The second-order valence-electron chi connectivity index (χ2n) is 5.57. The minimum absolute atomic E-state index is 0.180. The zero-order chi connectivity index (χ0) is 14.5. The van der Waals surface area contributed by atoms with E-state index >= 15 is 0 Å². The number of aromatic nitrogens is 2. The van der Waals surface area contributed by atoms with Crippen molar-refractivity contribution in [2.45, 2.75) is 32.8 Å². The van der Waals surface area contributed by atoms with Crippen LogP contribution in [0.5, 0.6) is 5.75 Å². The van der Waals surface area contributed by atoms with Crippen molar-refractivity contribution in [1.29, 1.82) is 0 Å². The Morgan fingerprint density at radius 1 is 1.30 bits per heavy atom. The number of nitrogens with zero attached hydrogens (tertiary/aromatic N) is 2. The van der Waals surface area contributed by atoms with Gasteiger partial charge < -0.3 is 4.74 Å². The number of hydrogen-bond donors (Lipinski definition) is 0. The van der Waals surface area contributed by atoms with Crippen LogP contribution in [-0.2, 0) is 6.42 Å². The maximum absolute atomic E-state index is 6.18. The number of benzene rings is 1. The van der Waals surface area contributed by atoms with E-state index in [2.05, 4.69) is 52.5 Å². The monoisotopic (exact) mass is 400 g/mol. The minimum Gasteiger partial charge on any atom is -0.486 e. The predicted molar refractivity (Wildman–Crippen MR) is 88.3 cm³/mol. The summed E-state index contributed by atoms with van der Waals surface area (Å²) in [6, 6.07) is 6.09. The Morgan fingerprint density at radius 2 is 2.05 bits per heavy atom. The standard InChI is InChI=1S/C15H14ClIN2O/c1-8-11(17)13(16)19-14(18-8)10-6-4-5-9-7-15(2,3)20-12(9)10/h4-6H,7H2,1-3H3. The molecule has 1 aliphatic heterocycles. The van der Waals surface area contributed by atoms with Gasteiger partial charge in [0.05, 0.1) is 14.8 Å². The fourth-order valence-electron chi connectivity index (χ4n) is 2.44. The van der Waals surface area contributed by atoms with Gasteiger partial charge in [-0.3, -0.25) is 0 Å². The third-order valence-electron chi connectivity index (χ3n) is 3.31. The summed E-state index contributed by atoms with van der Waals surface area (Å²) in [4.78, 5) is 8.94. The summed E-state index contributed by atoms with van der Waals surface area (Å²) in [7, 11) is 0. The quantitative estimate of drug-likeness (QED) is 0.525. The molecule has 5 heteroatoms. The first-order valence-electron chi connectivity index (χ1n) is 6.38. The molecule has 3 rings (SSSR count). The number of rotatable bonds is 1. The lowest BCUT2D eigenvalue weighted by Crippen LogP contribution is -2.24. The fourth-order valence-corrected chi connectivity index (χ4v) is 2.89. The van der Waals surface area contributed by atoms with E-state index in [0.717, 1.165) is 27.0 Å². The molecule has 1 aromatic carbocycles. The Morgan fingerprint density at radius 3 is 2.75 bits per heavy atom. The van der Waals surface area contributed by atoms with Crippen molar-refractivity contribution in [2.24, 2.45) is 0 Å². The third-order valence-corrected chi connectivity index (χ3v) is 5.19. The van der Waals surface area contributed by atoms with Gasteiger partial charge in [-0.2, -0.15) is 0 Å². The van der Waals surface area contributed by atoms with Gasteiger partial charge >= 0.3 is 0 Å². The highest BCUT2D eigenvalue weighted by molar-refractivity contribution is 14.1. The SMILES string of the molecule is Cc1nc(-c2cccc3c2OC(C)(C)C3)nc(Cl)c1I. The molecule has 104 valence electrons. The molecule has 0 atom stereocenters. The average molecular weight is 401 g/mol. The lowest BCUT2D eigenvalue weighted by atomic mass is 10.0. The molecule has 0 fully saturated rings. The van der Waals surface area contributed by atoms with Crippen LogP contribution in [0.1, 0.15) is 25.1 Å². The summed E-state index contributed by atoms with van der Waals surface area (Å²) < 4.78 is 6.96. The van der Waals surface area contributed by atoms with Crippen LogP contribution in [0.4, 0.5) is 0 Å². The second kappa shape index (κ2) is 4.84. The summed E-state index contributed by atoms with van der Waals surface area (Å²) >= 11 is 8.34. The van der Waals surface area contributed by atoms with Gasteiger partial charge in [0.1, 0.15) is 16.5 Å². The van der Waals surface area contributed by atoms with Gasteiger partial charge in [-0.05, 0) is 55.0 Å². The van der Waals surface area contributed by atoms with Gasteiger partial charge in [0.15, 0.2) is 5.82 Å². The van der Waals surface area contributed by atoms with Gasteiger partial charge in [-0.25, -0.2) is 9.97 Å². The molecular weight excluding hydrogens is 387 g/mol. The lowest BCUT2D eigenvalue weighted by molar-refractivity contribution is 0.139. The largest absolute Gasteiger partial charge is 0.486 e. The topological polar surface area (TPSA) is 35.0 Å². The van der Waals surface area contributed by atoms with E-state index in [1.807, 2.05) is 19.1 Å². The van der Waals surface area contributed by atoms with E-state index in [1.165, 1.54) is 5.56 Å². The molecule has 0 saturated heterocycles. The highest BCUT2D eigenvalue weighted by Gasteiger charge is 2.32. The van der Waals surface area contributed by atoms with Gasteiger partial charge in [-0.15, -0.1) is 0 Å². The van der Waals surface area contributed by atoms with Crippen LogP contribution in [0, 0.1) is 10.5 Å². The van der Waals surface area contributed by atoms with Gasteiger partial charge in [0.25, 0.3) is 0 Å². The molecule has 0 saturated carbocycles. The van der Waals surface area contributed by atoms with E-state index in [9.17, 15) is 0 Å². The number of para-hydroxylation sites is 1. The minimum atomic E-state index is -0.180. The Kier molecular flexibility index (Phi) is 3.41. The van der Waals surface area contributed by atoms with E-state index in [-0.39, 0.29) is 5.60 Å². The maximum atomic E-state index is 6.18. The van der Waals surface area contributed by atoms with Crippen LogP contribution in [0.3, 0.4) is 0 Å². The Balaban J connectivity index is 2.16. The van der Waals surface area contributed by atoms with Crippen LogP contribution >= 0.6 is 34.2 Å². The normalized spacial score (nSPS) is 15.8. The van der Waals surface area contributed by atoms with Crippen LogP contribution < -0.4 is 4.74 Å². The summed E-state index contributed by atoms with van der Waals surface area (Å²) in [5.41, 5.74) is 2.81. The predicted octanol–water partition coefficient (Wildman–Crippen LogP) is 4.42. The molecule has 1 aromatic heterocycles. The first kappa shape index (κ1) is 14.1. The highest BCUT2D eigenvalue weighted by Crippen LogP contribution is 2.41. The van der Waals surface area contributed by atoms with Crippen molar-refractivity contribution < 1.29 is 4.74 Å². The lowest BCUT2D eigenvalue weighted by Gasteiger charge is -2.18. The second-order valence-corrected chi connectivity index (χ2v) is 7.01. The molecule has 1 aliphatic rings. The Bertz CT molecular complexity index is 677. The zero-order valence-corrected chi connectivity index (χ0v) is 14.4. The van der Waals surface area contributed by atoms with Gasteiger partial charge in [0.2, 0.25) is 0 Å². The average Bonchev–Trinajstić information content (AvgIpc) is 2.68. The van der Waals surface area contributed by atoms with E-state index < -0.39 is 0 Å². The highest BCUT2D eigenvalue weighted by atomic mass is 127. The van der Waals surface area contributed by atoms with Crippen LogP contribution in [0.15, 0.2) is 18.2 Å². The Hall–Kier alpha value is -0.880. The smallest absolute Gasteiger partial charge is 0.164 e. The van der Waals surface area contributed by atoms with Crippen molar-refractivity contribution in [3.63, 3.8) is 0 Å². The molecule has 0 aliphatic carbocycles. The molecule has 20 heavy (non-hydrogen) atoms. The molecule has 2 heterocycles. The van der Waals surface area contributed by atoms with Gasteiger partial charge in [-0.1, -0.05) is 23.7 Å². The van der Waals surface area contributed by atoms with Crippen LogP contribution in [0.25, 0.3) is 11.4 Å². The molecule has 0 spiro atoms. The van der Waals surface area contributed by atoms with E-state index in [1.54, 1.807) is 0 Å².